The quantitative estimate of drug-likeness (QED) is 0.801. The number of hydrogen-bond donors (Lipinski definition) is 1. The number of benzene rings is 1. The lowest BCUT2D eigenvalue weighted by Crippen LogP contribution is -2.08. The molecule has 0 atom stereocenters. The lowest BCUT2D eigenvalue weighted by atomic mass is 9.84. The van der Waals surface area contributed by atoms with Gasteiger partial charge in [0.1, 0.15) is 5.58 Å². The molecule has 0 unspecified atom stereocenters. The predicted molar refractivity (Wildman–Crippen MR) is 71.0 cm³/mol. The highest BCUT2D eigenvalue weighted by atomic mass is 16.3. The van der Waals surface area contributed by atoms with Gasteiger partial charge in [0.2, 0.25) is 0 Å². The molecule has 2 nitrogen and oxygen atoms in total. The standard InChI is InChI=1S/C14H17BO2/c16-15-14-9-12-8-11(6-7-13(12)17-14)10-4-2-1-3-5-10/h6-10,15-16H,1-5H2. The van der Waals surface area contributed by atoms with Crippen LogP contribution in [0.25, 0.3) is 11.0 Å². The van der Waals surface area contributed by atoms with E-state index in [-0.39, 0.29) is 7.48 Å². The normalized spacial score (nSPS) is 17.5. The summed E-state index contributed by atoms with van der Waals surface area (Å²) < 4.78 is 5.51. The van der Waals surface area contributed by atoms with Gasteiger partial charge in [-0.05, 0) is 42.5 Å². The van der Waals surface area contributed by atoms with Crippen LogP contribution in [0.5, 0.6) is 0 Å². The second kappa shape index (κ2) is 4.57. The van der Waals surface area contributed by atoms with E-state index in [0.717, 1.165) is 16.9 Å². The SMILES string of the molecule is OBc1cc2cc(C3CCCCC3)ccc2o1. The molecular weight excluding hydrogens is 211 g/mol. The molecule has 1 aliphatic rings. The summed E-state index contributed by atoms with van der Waals surface area (Å²) in [7, 11) is -0.0204. The Morgan fingerprint density at radius 2 is 1.94 bits per heavy atom. The average Bonchev–Trinajstić information content (AvgIpc) is 2.81. The minimum Gasteiger partial charge on any atom is -0.468 e. The van der Waals surface area contributed by atoms with E-state index in [4.69, 9.17) is 9.44 Å². The number of hydrogen-bond acceptors (Lipinski definition) is 2. The van der Waals surface area contributed by atoms with Crippen molar-refractivity contribution in [1.82, 2.24) is 0 Å². The van der Waals surface area contributed by atoms with Gasteiger partial charge in [-0.2, -0.15) is 0 Å². The van der Waals surface area contributed by atoms with E-state index in [2.05, 4.69) is 12.1 Å². The van der Waals surface area contributed by atoms with Gasteiger partial charge >= 0.3 is 7.48 Å². The molecular formula is C14H17BO2. The molecule has 88 valence electrons. The van der Waals surface area contributed by atoms with E-state index in [1.807, 2.05) is 12.1 Å². The number of fused-ring (bicyclic) bond motifs is 1. The summed E-state index contributed by atoms with van der Waals surface area (Å²) in [6, 6.07) is 8.40. The Kier molecular flexibility index (Phi) is 2.93. The Hall–Kier alpha value is -1.22. The van der Waals surface area contributed by atoms with E-state index in [1.165, 1.54) is 37.7 Å². The minimum absolute atomic E-state index is 0.0204. The van der Waals surface area contributed by atoms with Gasteiger partial charge in [-0.3, -0.25) is 0 Å². The summed E-state index contributed by atoms with van der Waals surface area (Å²) in [6.07, 6.45) is 6.73. The number of furan rings is 1. The Balaban J connectivity index is 1.94. The Morgan fingerprint density at radius 1 is 1.12 bits per heavy atom. The fourth-order valence-electron chi connectivity index (χ4n) is 2.88. The van der Waals surface area contributed by atoms with E-state index < -0.39 is 0 Å². The zero-order chi connectivity index (χ0) is 11.7. The van der Waals surface area contributed by atoms with E-state index in [1.54, 1.807) is 0 Å². The molecule has 3 heteroatoms. The lowest BCUT2D eigenvalue weighted by molar-refractivity contribution is 0.444. The third-order valence-corrected chi connectivity index (χ3v) is 3.82. The largest absolute Gasteiger partial charge is 0.468 e. The monoisotopic (exact) mass is 228 g/mol. The maximum Gasteiger partial charge on any atom is 0.347 e. The lowest BCUT2D eigenvalue weighted by Gasteiger charge is -2.21. The van der Waals surface area contributed by atoms with Crippen molar-refractivity contribution < 1.29 is 9.44 Å². The molecule has 0 radical (unpaired) electrons. The Labute approximate surface area is 102 Å². The summed E-state index contributed by atoms with van der Waals surface area (Å²) >= 11 is 0. The van der Waals surface area contributed by atoms with Crippen molar-refractivity contribution >= 4 is 24.1 Å². The highest BCUT2D eigenvalue weighted by Gasteiger charge is 2.16. The molecule has 1 fully saturated rings. The first-order valence-electron chi connectivity index (χ1n) is 6.50. The summed E-state index contributed by atoms with van der Waals surface area (Å²) in [5.41, 5.74) is 2.97. The van der Waals surface area contributed by atoms with Crippen LogP contribution in [0.2, 0.25) is 0 Å². The van der Waals surface area contributed by atoms with Crippen molar-refractivity contribution in [2.75, 3.05) is 0 Å². The zero-order valence-electron chi connectivity index (χ0n) is 9.98. The van der Waals surface area contributed by atoms with Crippen LogP contribution in [-0.2, 0) is 0 Å². The molecule has 1 aliphatic carbocycles. The third-order valence-electron chi connectivity index (χ3n) is 3.82. The average molecular weight is 228 g/mol. The minimum atomic E-state index is -0.0204. The Bertz CT molecular complexity index is 512. The summed E-state index contributed by atoms with van der Waals surface area (Å²) in [6.45, 7) is 0. The molecule has 0 bridgehead atoms. The van der Waals surface area contributed by atoms with E-state index in [9.17, 15) is 0 Å². The van der Waals surface area contributed by atoms with Gasteiger partial charge < -0.3 is 9.44 Å². The van der Waals surface area contributed by atoms with Crippen LogP contribution in [0.15, 0.2) is 28.7 Å². The highest BCUT2D eigenvalue weighted by Crippen LogP contribution is 2.33. The summed E-state index contributed by atoms with van der Waals surface area (Å²) in [4.78, 5) is 0. The molecule has 1 aromatic heterocycles. The van der Waals surface area contributed by atoms with Crippen molar-refractivity contribution in [3.8, 4) is 0 Å². The van der Waals surface area contributed by atoms with Gasteiger partial charge in [0.15, 0.2) is 0 Å². The maximum atomic E-state index is 9.06. The fraction of sp³-hybridized carbons (Fsp3) is 0.429. The molecule has 1 N–H and O–H groups in total. The van der Waals surface area contributed by atoms with Crippen LogP contribution in [0.3, 0.4) is 0 Å². The summed E-state index contributed by atoms with van der Waals surface area (Å²) in [5, 5.41) is 10.2. The molecule has 1 heterocycles. The van der Waals surface area contributed by atoms with Crippen LogP contribution in [0.1, 0.15) is 43.6 Å². The van der Waals surface area contributed by atoms with Gasteiger partial charge in [-0.1, -0.05) is 25.3 Å². The maximum absolute atomic E-state index is 9.06. The van der Waals surface area contributed by atoms with Crippen molar-refractivity contribution in [3.05, 3.63) is 29.8 Å². The first-order valence-corrected chi connectivity index (χ1v) is 6.50. The fourth-order valence-corrected chi connectivity index (χ4v) is 2.88. The molecule has 3 rings (SSSR count). The van der Waals surface area contributed by atoms with Crippen molar-refractivity contribution in [3.63, 3.8) is 0 Å². The number of rotatable bonds is 2. The van der Waals surface area contributed by atoms with E-state index in [0.29, 0.717) is 5.66 Å². The molecule has 2 aromatic rings. The smallest absolute Gasteiger partial charge is 0.347 e. The molecule has 0 aliphatic heterocycles. The topological polar surface area (TPSA) is 33.4 Å². The van der Waals surface area contributed by atoms with Crippen molar-refractivity contribution in [2.24, 2.45) is 0 Å². The van der Waals surface area contributed by atoms with Crippen LogP contribution in [0, 0.1) is 0 Å². The Morgan fingerprint density at radius 3 is 2.71 bits per heavy atom. The van der Waals surface area contributed by atoms with Crippen LogP contribution in [0.4, 0.5) is 0 Å². The molecule has 0 spiro atoms. The van der Waals surface area contributed by atoms with Gasteiger partial charge in [0, 0.05) is 5.39 Å². The first kappa shape index (κ1) is 10.9. The second-order valence-electron chi connectivity index (χ2n) is 5.00. The van der Waals surface area contributed by atoms with Gasteiger partial charge in [-0.25, -0.2) is 0 Å². The van der Waals surface area contributed by atoms with Crippen LogP contribution < -0.4 is 5.66 Å². The molecule has 0 saturated heterocycles. The van der Waals surface area contributed by atoms with Crippen molar-refractivity contribution in [2.45, 2.75) is 38.0 Å². The molecule has 1 aromatic carbocycles. The highest BCUT2D eigenvalue weighted by molar-refractivity contribution is 6.44. The van der Waals surface area contributed by atoms with Crippen LogP contribution >= 0.6 is 0 Å². The molecule has 1 saturated carbocycles. The van der Waals surface area contributed by atoms with Crippen molar-refractivity contribution in [1.29, 1.82) is 0 Å². The second-order valence-corrected chi connectivity index (χ2v) is 5.00. The van der Waals surface area contributed by atoms with Gasteiger partial charge in [0.25, 0.3) is 0 Å². The molecule has 0 amide bonds. The van der Waals surface area contributed by atoms with Gasteiger partial charge in [-0.15, -0.1) is 0 Å². The predicted octanol–water partition coefficient (Wildman–Crippen LogP) is 2.45. The van der Waals surface area contributed by atoms with Gasteiger partial charge in [0.05, 0.1) is 5.66 Å². The van der Waals surface area contributed by atoms with Crippen LogP contribution in [-0.4, -0.2) is 12.5 Å². The molecule has 17 heavy (non-hydrogen) atoms. The third kappa shape index (κ3) is 2.12. The zero-order valence-corrected chi connectivity index (χ0v) is 9.98. The van der Waals surface area contributed by atoms with E-state index >= 15 is 0 Å². The summed E-state index contributed by atoms with van der Waals surface area (Å²) in [5.74, 6) is 0.723. The first-order chi connectivity index (χ1) is 8.36.